The van der Waals surface area contributed by atoms with E-state index in [4.69, 9.17) is 4.98 Å². The third kappa shape index (κ3) is 3.14. The van der Waals surface area contributed by atoms with Gasteiger partial charge in [0.1, 0.15) is 11.5 Å². The number of aromatic nitrogens is 1. The largest absolute Gasteiger partial charge is 0.390 e. The van der Waals surface area contributed by atoms with E-state index >= 15 is 0 Å². The normalized spacial score (nSPS) is 37.5. The van der Waals surface area contributed by atoms with Crippen LogP contribution in [0.25, 0.3) is 0 Å². The van der Waals surface area contributed by atoms with Gasteiger partial charge < -0.3 is 15.3 Å². The lowest BCUT2D eigenvalue weighted by Crippen LogP contribution is -2.61. The molecular weight excluding hydrogens is 338 g/mol. The first kappa shape index (κ1) is 17.5. The molecule has 6 rings (SSSR count). The van der Waals surface area contributed by atoms with Crippen molar-refractivity contribution in [2.75, 3.05) is 18.0 Å². The van der Waals surface area contributed by atoms with E-state index in [1.54, 1.807) is 0 Å². The molecule has 5 fully saturated rings. The Balaban J connectivity index is 1.33. The number of carbonyl (C=O) groups is 1. The Morgan fingerprint density at radius 2 is 1.85 bits per heavy atom. The highest BCUT2D eigenvalue weighted by molar-refractivity contribution is 5.93. The van der Waals surface area contributed by atoms with Gasteiger partial charge in [-0.05, 0) is 87.7 Å². The summed E-state index contributed by atoms with van der Waals surface area (Å²) in [7, 11) is 0. The van der Waals surface area contributed by atoms with Gasteiger partial charge in [0.2, 0.25) is 0 Å². The van der Waals surface area contributed by atoms with Crippen LogP contribution in [0.2, 0.25) is 0 Å². The molecule has 4 saturated carbocycles. The van der Waals surface area contributed by atoms with Gasteiger partial charge in [-0.15, -0.1) is 0 Å². The van der Waals surface area contributed by atoms with Crippen molar-refractivity contribution in [1.82, 2.24) is 10.3 Å². The number of nitrogens with one attached hydrogen (secondary N) is 1. The monoisotopic (exact) mass is 369 g/mol. The Bertz CT molecular complexity index is 727. The molecule has 4 aliphatic carbocycles. The number of aliphatic hydroxyl groups is 1. The van der Waals surface area contributed by atoms with Gasteiger partial charge in [0.05, 0.1) is 5.60 Å². The van der Waals surface area contributed by atoms with Gasteiger partial charge in [0.15, 0.2) is 0 Å². The SMILES string of the molecule is Cc1ccc(C(=O)NC2C3CC4CC2CC(O)(C4)C3)nc1N1CCCCC1. The quantitative estimate of drug-likeness (QED) is 0.859. The fourth-order valence-electron chi connectivity index (χ4n) is 6.51. The Labute approximate surface area is 161 Å². The van der Waals surface area contributed by atoms with Gasteiger partial charge in [0, 0.05) is 19.1 Å². The van der Waals surface area contributed by atoms with Gasteiger partial charge >= 0.3 is 0 Å². The molecule has 27 heavy (non-hydrogen) atoms. The van der Waals surface area contributed by atoms with Gasteiger partial charge in [-0.3, -0.25) is 4.79 Å². The predicted octanol–water partition coefficient (Wildman–Crippen LogP) is 3.05. The smallest absolute Gasteiger partial charge is 0.270 e. The number of aryl methyl sites for hydroxylation is 1. The van der Waals surface area contributed by atoms with Crippen LogP contribution in [0, 0.1) is 24.7 Å². The highest BCUT2D eigenvalue weighted by Crippen LogP contribution is 2.55. The third-order valence-electron chi connectivity index (χ3n) is 7.50. The van der Waals surface area contributed by atoms with Gasteiger partial charge in [-0.25, -0.2) is 4.98 Å². The number of anilines is 1. The van der Waals surface area contributed by atoms with Crippen molar-refractivity contribution >= 4 is 11.7 Å². The third-order valence-corrected chi connectivity index (χ3v) is 7.50. The maximum Gasteiger partial charge on any atom is 0.270 e. The van der Waals surface area contributed by atoms with Gasteiger partial charge in [-0.1, -0.05) is 6.07 Å². The number of nitrogens with zero attached hydrogens (tertiary/aromatic N) is 2. The predicted molar refractivity (Wildman–Crippen MR) is 105 cm³/mol. The van der Waals surface area contributed by atoms with Crippen molar-refractivity contribution in [2.45, 2.75) is 69.9 Å². The Morgan fingerprint density at radius 1 is 1.15 bits per heavy atom. The minimum atomic E-state index is -0.457. The molecule has 1 saturated heterocycles. The van der Waals surface area contributed by atoms with Crippen molar-refractivity contribution in [1.29, 1.82) is 0 Å². The standard InChI is InChI=1S/C22H31N3O2/c1-14-5-6-18(23-20(14)25-7-3-2-4-8-25)21(26)24-19-16-9-15-10-17(19)13-22(27,11-15)12-16/h5-6,15-17,19,27H,2-4,7-13H2,1H3,(H,24,26). The van der Waals surface area contributed by atoms with E-state index in [2.05, 4.69) is 17.1 Å². The zero-order valence-corrected chi connectivity index (χ0v) is 16.3. The summed E-state index contributed by atoms with van der Waals surface area (Å²) in [5, 5.41) is 14.1. The Kier molecular flexibility index (Phi) is 4.19. The van der Waals surface area contributed by atoms with E-state index in [1.807, 2.05) is 12.1 Å². The number of carbonyl (C=O) groups excluding carboxylic acids is 1. The summed E-state index contributed by atoms with van der Waals surface area (Å²) in [6, 6.07) is 4.10. The lowest BCUT2D eigenvalue weighted by molar-refractivity contribution is -0.136. The van der Waals surface area contributed by atoms with E-state index in [0.717, 1.165) is 56.6 Å². The molecule has 0 radical (unpaired) electrons. The molecule has 0 aromatic carbocycles. The van der Waals surface area contributed by atoms with Gasteiger partial charge in [-0.2, -0.15) is 0 Å². The maximum atomic E-state index is 13.0. The average Bonchev–Trinajstić information content (AvgIpc) is 2.64. The summed E-state index contributed by atoms with van der Waals surface area (Å²) in [5.41, 5.74) is 1.22. The van der Waals surface area contributed by atoms with Gasteiger partial charge in [0.25, 0.3) is 5.91 Å². The molecule has 4 bridgehead atoms. The highest BCUT2D eigenvalue weighted by Gasteiger charge is 2.55. The van der Waals surface area contributed by atoms with E-state index in [-0.39, 0.29) is 11.9 Å². The molecule has 1 aromatic rings. The molecule has 2 heterocycles. The molecule has 2 unspecified atom stereocenters. The molecule has 0 spiro atoms. The van der Waals surface area contributed by atoms with E-state index in [9.17, 15) is 9.90 Å². The summed E-state index contributed by atoms with van der Waals surface area (Å²) in [6.45, 7) is 4.15. The van der Waals surface area contributed by atoms with Crippen LogP contribution in [0.4, 0.5) is 5.82 Å². The number of rotatable bonds is 3. The maximum absolute atomic E-state index is 13.0. The van der Waals surface area contributed by atoms with Crippen LogP contribution in [0.3, 0.4) is 0 Å². The van der Waals surface area contributed by atoms with E-state index in [1.165, 1.54) is 19.3 Å². The van der Waals surface area contributed by atoms with Crippen molar-refractivity contribution in [2.24, 2.45) is 17.8 Å². The summed E-state index contributed by atoms with van der Waals surface area (Å²) in [4.78, 5) is 20.1. The van der Waals surface area contributed by atoms with Crippen LogP contribution in [0.15, 0.2) is 12.1 Å². The molecule has 146 valence electrons. The topological polar surface area (TPSA) is 65.5 Å². The van der Waals surface area contributed by atoms with E-state index < -0.39 is 5.60 Å². The molecule has 5 nitrogen and oxygen atoms in total. The number of hydrogen-bond donors (Lipinski definition) is 2. The molecule has 1 aromatic heterocycles. The number of pyridine rings is 1. The van der Waals surface area contributed by atoms with Crippen LogP contribution in [-0.2, 0) is 0 Å². The number of piperidine rings is 1. The van der Waals surface area contributed by atoms with Crippen LogP contribution in [0.5, 0.6) is 0 Å². The fourth-order valence-corrected chi connectivity index (χ4v) is 6.51. The number of hydrogen-bond acceptors (Lipinski definition) is 4. The molecular formula is C22H31N3O2. The zero-order valence-electron chi connectivity index (χ0n) is 16.3. The average molecular weight is 370 g/mol. The summed E-state index contributed by atoms with van der Waals surface area (Å²) in [6.07, 6.45) is 8.68. The van der Waals surface area contributed by atoms with Crippen LogP contribution < -0.4 is 10.2 Å². The summed E-state index contributed by atoms with van der Waals surface area (Å²) in [5.74, 6) is 2.44. The first-order chi connectivity index (χ1) is 13.0. The van der Waals surface area contributed by atoms with Crippen molar-refractivity contribution in [3.05, 3.63) is 23.4 Å². The Morgan fingerprint density at radius 3 is 2.52 bits per heavy atom. The minimum absolute atomic E-state index is 0.0438. The lowest BCUT2D eigenvalue weighted by atomic mass is 9.52. The summed E-state index contributed by atoms with van der Waals surface area (Å²) < 4.78 is 0. The second-order valence-electron chi connectivity index (χ2n) is 9.58. The Hall–Kier alpha value is -1.62. The molecule has 5 heteroatoms. The number of amides is 1. The van der Waals surface area contributed by atoms with E-state index in [0.29, 0.717) is 23.4 Å². The minimum Gasteiger partial charge on any atom is -0.390 e. The first-order valence-corrected chi connectivity index (χ1v) is 10.8. The fraction of sp³-hybridized carbons (Fsp3) is 0.727. The van der Waals surface area contributed by atoms with Crippen molar-refractivity contribution in [3.63, 3.8) is 0 Å². The zero-order chi connectivity index (χ0) is 18.6. The molecule has 5 aliphatic rings. The molecule has 2 N–H and O–H groups in total. The second-order valence-corrected chi connectivity index (χ2v) is 9.58. The first-order valence-electron chi connectivity index (χ1n) is 10.8. The van der Waals surface area contributed by atoms with Crippen molar-refractivity contribution in [3.8, 4) is 0 Å². The van der Waals surface area contributed by atoms with Crippen molar-refractivity contribution < 1.29 is 9.90 Å². The lowest BCUT2D eigenvalue weighted by Gasteiger charge is -2.58. The molecule has 1 aliphatic heterocycles. The molecule has 2 atom stereocenters. The van der Waals surface area contributed by atoms with Crippen LogP contribution in [0.1, 0.15) is 67.4 Å². The van der Waals surface area contributed by atoms with Crippen LogP contribution >= 0.6 is 0 Å². The van der Waals surface area contributed by atoms with Crippen LogP contribution in [-0.4, -0.2) is 40.7 Å². The molecule has 1 amide bonds. The summed E-state index contributed by atoms with van der Waals surface area (Å²) >= 11 is 0. The highest BCUT2D eigenvalue weighted by atomic mass is 16.3. The second kappa shape index (κ2) is 6.47.